The van der Waals surface area contributed by atoms with Crippen molar-refractivity contribution in [3.05, 3.63) is 70.4 Å². The van der Waals surface area contributed by atoms with Gasteiger partial charge < -0.3 is 5.73 Å². The zero-order valence-electron chi connectivity index (χ0n) is 10.2. The average Bonchev–Trinajstić information content (AvgIpc) is 2.99. The summed E-state index contributed by atoms with van der Waals surface area (Å²) in [5.41, 5.74) is 6.76. The van der Waals surface area contributed by atoms with E-state index in [1.165, 1.54) is 11.3 Å². The minimum atomic E-state index is -0.578. The number of ketones is 1. The molecule has 2 aromatic carbocycles. The van der Waals surface area contributed by atoms with E-state index in [1.807, 2.05) is 60.0 Å². The number of thiophene rings is 1. The summed E-state index contributed by atoms with van der Waals surface area (Å²) in [6, 6.07) is 16.9. The van der Waals surface area contributed by atoms with Crippen molar-refractivity contribution in [2.45, 2.75) is 6.04 Å². The van der Waals surface area contributed by atoms with Gasteiger partial charge in [0, 0.05) is 10.4 Å². The normalized spacial score (nSPS) is 12.5. The lowest BCUT2D eigenvalue weighted by atomic mass is 9.97. The monoisotopic (exact) mass is 267 g/mol. The van der Waals surface area contributed by atoms with Crippen LogP contribution in [0.1, 0.15) is 21.3 Å². The third kappa shape index (κ3) is 2.18. The molecule has 0 aliphatic carbocycles. The Morgan fingerprint density at radius 2 is 1.79 bits per heavy atom. The molecule has 2 nitrogen and oxygen atoms in total. The number of nitrogens with two attached hydrogens (primary N) is 1. The van der Waals surface area contributed by atoms with Crippen LogP contribution in [0.15, 0.2) is 60.0 Å². The second-order valence-corrected chi connectivity index (χ2v) is 5.36. The molecule has 0 bridgehead atoms. The molecular formula is C16H13NOS. The summed E-state index contributed by atoms with van der Waals surface area (Å²) >= 11 is 1.51. The Bertz CT molecular complexity index is 713. The highest BCUT2D eigenvalue weighted by Crippen LogP contribution is 2.25. The number of hydrogen-bond acceptors (Lipinski definition) is 3. The van der Waals surface area contributed by atoms with Crippen LogP contribution in [0.2, 0.25) is 0 Å². The Morgan fingerprint density at radius 3 is 2.58 bits per heavy atom. The fourth-order valence-corrected chi connectivity index (χ4v) is 2.93. The maximum Gasteiger partial charge on any atom is 0.185 e. The number of Topliss-reactive ketones (excluding diaryl/α,β-unsaturated/α-hetero) is 1. The van der Waals surface area contributed by atoms with Gasteiger partial charge in [-0.15, -0.1) is 11.3 Å². The SMILES string of the molecule is NC(C(=O)c1cccc2ccccc12)c1cccs1. The van der Waals surface area contributed by atoms with Crippen LogP contribution in [0, 0.1) is 0 Å². The van der Waals surface area contributed by atoms with Crippen molar-refractivity contribution in [1.82, 2.24) is 0 Å². The summed E-state index contributed by atoms with van der Waals surface area (Å²) in [4.78, 5) is 13.4. The standard InChI is InChI=1S/C16H13NOS/c17-15(14-9-4-10-19-14)16(18)13-8-3-6-11-5-1-2-7-12(11)13/h1-10,15H,17H2. The maximum atomic E-state index is 12.5. The minimum absolute atomic E-state index is 0.0285. The van der Waals surface area contributed by atoms with Gasteiger partial charge in [-0.05, 0) is 22.2 Å². The second kappa shape index (κ2) is 4.96. The molecular weight excluding hydrogens is 254 g/mol. The van der Waals surface area contributed by atoms with Crippen LogP contribution in [0.25, 0.3) is 10.8 Å². The lowest BCUT2D eigenvalue weighted by Gasteiger charge is -2.11. The van der Waals surface area contributed by atoms with E-state index in [1.54, 1.807) is 0 Å². The van der Waals surface area contributed by atoms with Gasteiger partial charge in [0.1, 0.15) is 6.04 Å². The van der Waals surface area contributed by atoms with Crippen LogP contribution in [0.3, 0.4) is 0 Å². The summed E-state index contributed by atoms with van der Waals surface area (Å²) in [5.74, 6) is -0.0285. The quantitative estimate of drug-likeness (QED) is 0.734. The van der Waals surface area contributed by atoms with Gasteiger partial charge in [-0.1, -0.05) is 48.5 Å². The predicted molar refractivity (Wildman–Crippen MR) is 79.5 cm³/mol. The van der Waals surface area contributed by atoms with E-state index in [2.05, 4.69) is 0 Å². The first-order valence-corrected chi connectivity index (χ1v) is 6.96. The highest BCUT2D eigenvalue weighted by molar-refractivity contribution is 7.10. The number of benzene rings is 2. The van der Waals surface area contributed by atoms with Crippen molar-refractivity contribution in [3.8, 4) is 0 Å². The van der Waals surface area contributed by atoms with Crippen LogP contribution in [-0.2, 0) is 0 Å². The molecule has 0 amide bonds. The van der Waals surface area contributed by atoms with Gasteiger partial charge in [-0.3, -0.25) is 4.79 Å². The lowest BCUT2D eigenvalue weighted by Crippen LogP contribution is -2.20. The van der Waals surface area contributed by atoms with E-state index in [0.29, 0.717) is 5.56 Å². The van der Waals surface area contributed by atoms with Gasteiger partial charge in [-0.25, -0.2) is 0 Å². The van der Waals surface area contributed by atoms with Crippen LogP contribution in [-0.4, -0.2) is 5.78 Å². The Labute approximate surface area is 115 Å². The Morgan fingerprint density at radius 1 is 1.00 bits per heavy atom. The third-order valence-electron chi connectivity index (χ3n) is 3.19. The number of hydrogen-bond donors (Lipinski definition) is 1. The molecule has 2 N–H and O–H groups in total. The number of fused-ring (bicyclic) bond motifs is 1. The number of carbonyl (C=O) groups excluding carboxylic acids is 1. The molecule has 3 rings (SSSR count). The molecule has 94 valence electrons. The summed E-state index contributed by atoms with van der Waals surface area (Å²) in [7, 11) is 0. The van der Waals surface area contributed by atoms with Gasteiger partial charge in [0.25, 0.3) is 0 Å². The summed E-state index contributed by atoms with van der Waals surface area (Å²) in [6.45, 7) is 0. The van der Waals surface area contributed by atoms with Crippen molar-refractivity contribution in [2.75, 3.05) is 0 Å². The molecule has 1 heterocycles. The molecule has 0 radical (unpaired) electrons. The topological polar surface area (TPSA) is 43.1 Å². The Hall–Kier alpha value is -1.97. The predicted octanol–water partition coefficient (Wildman–Crippen LogP) is 3.78. The Balaban J connectivity index is 2.07. The molecule has 3 heteroatoms. The molecule has 3 aromatic rings. The number of rotatable bonds is 3. The second-order valence-electron chi connectivity index (χ2n) is 4.38. The highest BCUT2D eigenvalue weighted by atomic mass is 32.1. The molecule has 0 aliphatic heterocycles. The van der Waals surface area contributed by atoms with E-state index < -0.39 is 6.04 Å². The van der Waals surface area contributed by atoms with Crippen molar-refractivity contribution in [2.24, 2.45) is 5.73 Å². The third-order valence-corrected chi connectivity index (χ3v) is 4.14. The zero-order valence-corrected chi connectivity index (χ0v) is 11.1. The number of carbonyl (C=O) groups is 1. The van der Waals surface area contributed by atoms with Gasteiger partial charge in [0.2, 0.25) is 0 Å². The fourth-order valence-electron chi connectivity index (χ4n) is 2.21. The largest absolute Gasteiger partial charge is 0.317 e. The average molecular weight is 267 g/mol. The van der Waals surface area contributed by atoms with E-state index >= 15 is 0 Å². The van der Waals surface area contributed by atoms with E-state index in [4.69, 9.17) is 5.73 Å². The first-order chi connectivity index (χ1) is 9.27. The van der Waals surface area contributed by atoms with E-state index in [9.17, 15) is 4.79 Å². The van der Waals surface area contributed by atoms with Crippen LogP contribution in [0.5, 0.6) is 0 Å². The van der Waals surface area contributed by atoms with Crippen LogP contribution < -0.4 is 5.73 Å². The molecule has 0 fully saturated rings. The van der Waals surface area contributed by atoms with E-state index in [-0.39, 0.29) is 5.78 Å². The summed E-state index contributed by atoms with van der Waals surface area (Å²) in [6.07, 6.45) is 0. The highest BCUT2D eigenvalue weighted by Gasteiger charge is 2.20. The fraction of sp³-hybridized carbons (Fsp3) is 0.0625. The van der Waals surface area contributed by atoms with Gasteiger partial charge >= 0.3 is 0 Å². The first kappa shape index (κ1) is 12.1. The van der Waals surface area contributed by atoms with Crippen molar-refractivity contribution < 1.29 is 4.79 Å². The zero-order chi connectivity index (χ0) is 13.2. The molecule has 1 aromatic heterocycles. The molecule has 0 aliphatic rings. The summed E-state index contributed by atoms with van der Waals surface area (Å²) in [5, 5.41) is 3.96. The molecule has 0 spiro atoms. The molecule has 19 heavy (non-hydrogen) atoms. The van der Waals surface area contributed by atoms with Crippen molar-refractivity contribution in [3.63, 3.8) is 0 Å². The Kier molecular flexibility index (Phi) is 3.15. The molecule has 0 saturated carbocycles. The van der Waals surface area contributed by atoms with Gasteiger partial charge in [0.05, 0.1) is 0 Å². The lowest BCUT2D eigenvalue weighted by molar-refractivity contribution is 0.0964. The molecule has 1 unspecified atom stereocenters. The van der Waals surface area contributed by atoms with Crippen LogP contribution in [0.4, 0.5) is 0 Å². The first-order valence-electron chi connectivity index (χ1n) is 6.08. The van der Waals surface area contributed by atoms with Gasteiger partial charge in [-0.2, -0.15) is 0 Å². The smallest absolute Gasteiger partial charge is 0.185 e. The van der Waals surface area contributed by atoms with Crippen molar-refractivity contribution >= 4 is 27.9 Å². The molecule has 0 saturated heterocycles. The van der Waals surface area contributed by atoms with Crippen molar-refractivity contribution in [1.29, 1.82) is 0 Å². The minimum Gasteiger partial charge on any atom is -0.317 e. The van der Waals surface area contributed by atoms with Crippen LogP contribution >= 0.6 is 11.3 Å². The van der Waals surface area contributed by atoms with Gasteiger partial charge in [0.15, 0.2) is 5.78 Å². The maximum absolute atomic E-state index is 12.5. The molecule has 1 atom stereocenters. The summed E-state index contributed by atoms with van der Waals surface area (Å²) < 4.78 is 0. The van der Waals surface area contributed by atoms with E-state index in [0.717, 1.165) is 15.6 Å².